The van der Waals surface area contributed by atoms with Gasteiger partial charge in [0.25, 0.3) is 0 Å². The van der Waals surface area contributed by atoms with Crippen molar-refractivity contribution < 1.29 is 9.18 Å². The first-order valence-electron chi connectivity index (χ1n) is 5.20. The number of alkyl halides is 1. The summed E-state index contributed by atoms with van der Waals surface area (Å²) in [5.41, 5.74) is 0.522. The number of hydrogen-bond acceptors (Lipinski definition) is 2. The van der Waals surface area contributed by atoms with Gasteiger partial charge in [0.2, 0.25) is 0 Å². The van der Waals surface area contributed by atoms with Crippen molar-refractivity contribution in [2.45, 2.75) is 4.95 Å². The average molecular weight is 296 g/mol. The highest BCUT2D eigenvalue weighted by atomic mass is 79.9. The monoisotopic (exact) mass is 295 g/mol. The van der Waals surface area contributed by atoms with Crippen molar-refractivity contribution in [2.24, 2.45) is 0 Å². The van der Waals surface area contributed by atoms with Gasteiger partial charge in [-0.2, -0.15) is 0 Å². The van der Waals surface area contributed by atoms with E-state index in [1.165, 1.54) is 24.3 Å². The van der Waals surface area contributed by atoms with Crippen LogP contribution in [-0.2, 0) is 0 Å². The molecule has 2 rings (SSSR count). The molecule has 0 saturated heterocycles. The van der Waals surface area contributed by atoms with Crippen LogP contribution in [0.1, 0.15) is 10.4 Å². The van der Waals surface area contributed by atoms with Crippen LogP contribution in [0.25, 0.3) is 0 Å². The second-order valence-corrected chi connectivity index (χ2v) is 4.64. The maximum absolute atomic E-state index is 12.7. The molecular weight excluding hydrogens is 285 g/mol. The smallest absolute Gasteiger partial charge is 0.182 e. The van der Waals surface area contributed by atoms with Crippen molar-refractivity contribution in [1.82, 2.24) is 4.90 Å². The predicted molar refractivity (Wildman–Crippen MR) is 68.4 cm³/mol. The van der Waals surface area contributed by atoms with Crippen LogP contribution in [0.5, 0.6) is 0 Å². The Balaban J connectivity index is 2.04. The van der Waals surface area contributed by atoms with Crippen molar-refractivity contribution in [3.05, 3.63) is 60.1 Å². The fourth-order valence-electron chi connectivity index (χ4n) is 1.54. The van der Waals surface area contributed by atoms with Crippen LogP contribution >= 0.6 is 15.9 Å². The molecule has 1 aromatic carbocycles. The van der Waals surface area contributed by atoms with E-state index in [1.54, 1.807) is 0 Å². The third-order valence-corrected chi connectivity index (χ3v) is 3.30. The SMILES string of the molecule is O=C(CN1C=CC=CC1Br)c1ccc(F)cc1. The molecule has 0 aromatic heterocycles. The van der Waals surface area contributed by atoms with Gasteiger partial charge >= 0.3 is 0 Å². The first-order valence-corrected chi connectivity index (χ1v) is 6.12. The molecule has 0 amide bonds. The van der Waals surface area contributed by atoms with Gasteiger partial charge in [-0.05, 0) is 30.3 Å². The second kappa shape index (κ2) is 5.27. The normalized spacial score (nSPS) is 18.5. The van der Waals surface area contributed by atoms with Crippen molar-refractivity contribution in [2.75, 3.05) is 6.54 Å². The Kier molecular flexibility index (Phi) is 3.74. The summed E-state index contributed by atoms with van der Waals surface area (Å²) >= 11 is 3.44. The lowest BCUT2D eigenvalue weighted by Gasteiger charge is -2.25. The van der Waals surface area contributed by atoms with Gasteiger partial charge < -0.3 is 4.90 Å². The number of halogens is 2. The number of Topliss-reactive ketones (excluding diaryl/α,β-unsaturated/α-hetero) is 1. The maximum Gasteiger partial charge on any atom is 0.182 e. The summed E-state index contributed by atoms with van der Waals surface area (Å²) in [4.78, 5) is 13.8. The van der Waals surface area contributed by atoms with Crippen LogP contribution in [0.15, 0.2) is 48.7 Å². The van der Waals surface area contributed by atoms with Gasteiger partial charge in [0.05, 0.1) is 6.54 Å². The Morgan fingerprint density at radius 1 is 1.29 bits per heavy atom. The largest absolute Gasteiger partial charge is 0.354 e. The van der Waals surface area contributed by atoms with Crippen LogP contribution in [0.4, 0.5) is 4.39 Å². The molecule has 88 valence electrons. The zero-order valence-corrected chi connectivity index (χ0v) is 10.6. The molecule has 1 atom stereocenters. The summed E-state index contributed by atoms with van der Waals surface area (Å²) in [7, 11) is 0. The summed E-state index contributed by atoms with van der Waals surface area (Å²) in [6.45, 7) is 0.266. The minimum Gasteiger partial charge on any atom is -0.354 e. The molecule has 1 unspecified atom stereocenters. The molecule has 1 aliphatic rings. The third kappa shape index (κ3) is 3.03. The molecule has 0 N–H and O–H groups in total. The van der Waals surface area contributed by atoms with E-state index in [1.807, 2.05) is 29.3 Å². The highest BCUT2D eigenvalue weighted by Crippen LogP contribution is 2.15. The van der Waals surface area contributed by atoms with Crippen LogP contribution in [-0.4, -0.2) is 22.2 Å². The molecule has 17 heavy (non-hydrogen) atoms. The van der Waals surface area contributed by atoms with Crippen LogP contribution in [0.2, 0.25) is 0 Å². The van der Waals surface area contributed by atoms with Gasteiger partial charge in [0, 0.05) is 11.8 Å². The molecule has 0 fully saturated rings. The first kappa shape index (κ1) is 12.0. The molecule has 1 heterocycles. The van der Waals surface area contributed by atoms with Crippen LogP contribution in [0.3, 0.4) is 0 Å². The van der Waals surface area contributed by atoms with E-state index in [4.69, 9.17) is 0 Å². The fraction of sp³-hybridized carbons (Fsp3) is 0.154. The van der Waals surface area contributed by atoms with E-state index in [0.29, 0.717) is 5.56 Å². The molecule has 0 saturated carbocycles. The molecule has 1 aromatic rings. The quantitative estimate of drug-likeness (QED) is 0.485. The molecule has 0 radical (unpaired) electrons. The van der Waals surface area contributed by atoms with Gasteiger partial charge in [-0.3, -0.25) is 4.79 Å². The number of benzene rings is 1. The zero-order chi connectivity index (χ0) is 12.3. The zero-order valence-electron chi connectivity index (χ0n) is 9.01. The van der Waals surface area contributed by atoms with E-state index in [0.717, 1.165) is 0 Å². The molecule has 0 bridgehead atoms. The topological polar surface area (TPSA) is 20.3 Å². The Hall–Kier alpha value is -1.42. The number of hydrogen-bond donors (Lipinski definition) is 0. The number of carbonyl (C=O) groups excluding carboxylic acids is 1. The Bertz CT molecular complexity index is 467. The average Bonchev–Trinajstić information content (AvgIpc) is 2.33. The number of carbonyl (C=O) groups is 1. The molecule has 1 aliphatic heterocycles. The summed E-state index contributed by atoms with van der Waals surface area (Å²) < 4.78 is 12.7. The van der Waals surface area contributed by atoms with Gasteiger partial charge in [-0.25, -0.2) is 4.39 Å². The van der Waals surface area contributed by atoms with E-state index < -0.39 is 0 Å². The van der Waals surface area contributed by atoms with Crippen molar-refractivity contribution in [3.8, 4) is 0 Å². The summed E-state index contributed by atoms with van der Waals surface area (Å²) in [5, 5.41) is 0. The van der Waals surface area contributed by atoms with E-state index >= 15 is 0 Å². The third-order valence-electron chi connectivity index (χ3n) is 2.47. The summed E-state index contributed by atoms with van der Waals surface area (Å²) in [5.74, 6) is -0.366. The van der Waals surface area contributed by atoms with E-state index in [-0.39, 0.29) is 23.1 Å². The van der Waals surface area contributed by atoms with Crippen molar-refractivity contribution in [1.29, 1.82) is 0 Å². The van der Waals surface area contributed by atoms with Crippen LogP contribution < -0.4 is 0 Å². The van der Waals surface area contributed by atoms with Gasteiger partial charge in [-0.15, -0.1) is 0 Å². The molecule has 0 spiro atoms. The first-order chi connectivity index (χ1) is 8.16. The molecule has 0 aliphatic carbocycles. The standard InChI is InChI=1S/C13H11BrFNO/c14-13-3-1-2-8-16(13)9-12(17)10-4-6-11(15)7-5-10/h1-8,13H,9H2. The van der Waals surface area contributed by atoms with Gasteiger partial charge in [0.15, 0.2) is 5.78 Å². The lowest BCUT2D eigenvalue weighted by Crippen LogP contribution is -2.31. The fourth-order valence-corrected chi connectivity index (χ4v) is 2.00. The highest BCUT2D eigenvalue weighted by molar-refractivity contribution is 9.09. The minimum atomic E-state index is -0.333. The Morgan fingerprint density at radius 2 is 2.00 bits per heavy atom. The molecule has 2 nitrogen and oxygen atoms in total. The van der Waals surface area contributed by atoms with Crippen molar-refractivity contribution in [3.63, 3.8) is 0 Å². The second-order valence-electron chi connectivity index (χ2n) is 3.70. The number of ketones is 1. The summed E-state index contributed by atoms with van der Waals surface area (Å²) in [6.07, 6.45) is 7.58. The van der Waals surface area contributed by atoms with Crippen molar-refractivity contribution >= 4 is 21.7 Å². The molecule has 4 heteroatoms. The number of nitrogens with zero attached hydrogens (tertiary/aromatic N) is 1. The Labute approximate surface area is 108 Å². The summed E-state index contributed by atoms with van der Waals surface area (Å²) in [6, 6.07) is 5.60. The van der Waals surface area contributed by atoms with E-state index in [9.17, 15) is 9.18 Å². The maximum atomic E-state index is 12.7. The predicted octanol–water partition coefficient (Wildman–Crippen LogP) is 3.11. The van der Waals surface area contributed by atoms with Gasteiger partial charge in [0.1, 0.15) is 10.8 Å². The number of rotatable bonds is 3. The minimum absolute atomic E-state index is 0.0249. The van der Waals surface area contributed by atoms with Crippen LogP contribution in [0, 0.1) is 5.82 Å². The lowest BCUT2D eigenvalue weighted by molar-refractivity contribution is 0.0956. The highest BCUT2D eigenvalue weighted by Gasteiger charge is 2.15. The number of allylic oxidation sites excluding steroid dienone is 2. The van der Waals surface area contributed by atoms with Gasteiger partial charge in [-0.1, -0.05) is 28.1 Å². The van der Waals surface area contributed by atoms with E-state index in [2.05, 4.69) is 15.9 Å². The Morgan fingerprint density at radius 3 is 2.65 bits per heavy atom. The molecular formula is C13H11BrFNO. The lowest BCUT2D eigenvalue weighted by atomic mass is 10.1.